The molecule has 0 aliphatic carbocycles. The molecule has 0 saturated heterocycles. The van der Waals surface area contributed by atoms with Gasteiger partial charge in [0.2, 0.25) is 0 Å². The molecule has 0 aliphatic rings. The zero-order valence-corrected chi connectivity index (χ0v) is 8.42. The highest BCUT2D eigenvalue weighted by Gasteiger charge is 1.94. The molecule has 0 fully saturated rings. The second-order valence-corrected chi connectivity index (χ2v) is 3.38. The maximum atomic E-state index is 5.21. The molecule has 0 bridgehead atoms. The van der Waals surface area contributed by atoms with E-state index in [-0.39, 0.29) is 0 Å². The summed E-state index contributed by atoms with van der Waals surface area (Å²) in [6.45, 7) is 3.10. The van der Waals surface area contributed by atoms with Gasteiger partial charge in [0, 0.05) is 26.1 Å². The number of furan rings is 1. The van der Waals surface area contributed by atoms with Gasteiger partial charge in [-0.2, -0.15) is 0 Å². The molecule has 1 N–H and O–H groups in total. The Morgan fingerprint density at radius 1 is 1.38 bits per heavy atom. The van der Waals surface area contributed by atoms with Gasteiger partial charge in [0.1, 0.15) is 5.76 Å². The average Bonchev–Trinajstić information content (AvgIpc) is 2.55. The third-order valence-electron chi connectivity index (χ3n) is 1.86. The van der Waals surface area contributed by atoms with Crippen molar-refractivity contribution in [3.63, 3.8) is 0 Å². The molecular formula is C10H18N2O. The molecule has 0 spiro atoms. The number of hydrogen-bond donors (Lipinski definition) is 1. The standard InChI is InChI=1S/C10H18N2O/c1-12(2)8-7-11-6-5-10-4-3-9-13-10/h3-4,9,11H,5-8H2,1-2H3. The quantitative estimate of drug-likeness (QED) is 0.665. The van der Waals surface area contributed by atoms with Gasteiger partial charge in [0.25, 0.3) is 0 Å². The van der Waals surface area contributed by atoms with Crippen molar-refractivity contribution in [2.75, 3.05) is 33.7 Å². The first-order chi connectivity index (χ1) is 6.29. The second-order valence-electron chi connectivity index (χ2n) is 3.38. The van der Waals surface area contributed by atoms with Gasteiger partial charge in [0.05, 0.1) is 6.26 Å². The summed E-state index contributed by atoms with van der Waals surface area (Å²) in [7, 11) is 4.16. The topological polar surface area (TPSA) is 28.4 Å². The molecule has 0 aliphatic heterocycles. The third-order valence-corrected chi connectivity index (χ3v) is 1.86. The minimum atomic E-state index is 0.973. The van der Waals surface area contributed by atoms with Crippen LogP contribution in [0.4, 0.5) is 0 Å². The van der Waals surface area contributed by atoms with E-state index in [1.54, 1.807) is 6.26 Å². The van der Waals surface area contributed by atoms with Crippen molar-refractivity contribution >= 4 is 0 Å². The molecule has 0 amide bonds. The lowest BCUT2D eigenvalue weighted by molar-refractivity contribution is 0.398. The molecule has 0 aromatic carbocycles. The Balaban J connectivity index is 1.96. The lowest BCUT2D eigenvalue weighted by Gasteiger charge is -2.09. The summed E-state index contributed by atoms with van der Waals surface area (Å²) in [6.07, 6.45) is 2.69. The number of likely N-dealkylation sites (N-methyl/N-ethyl adjacent to an activating group) is 1. The normalized spacial score (nSPS) is 11.0. The number of rotatable bonds is 6. The van der Waals surface area contributed by atoms with Crippen LogP contribution < -0.4 is 5.32 Å². The minimum absolute atomic E-state index is 0.973. The van der Waals surface area contributed by atoms with E-state index >= 15 is 0 Å². The summed E-state index contributed by atoms with van der Waals surface area (Å²) in [5.74, 6) is 1.05. The highest BCUT2D eigenvalue weighted by atomic mass is 16.3. The third kappa shape index (κ3) is 4.70. The van der Waals surface area contributed by atoms with Gasteiger partial charge < -0.3 is 14.6 Å². The molecule has 1 aromatic heterocycles. The largest absolute Gasteiger partial charge is 0.469 e. The fraction of sp³-hybridized carbons (Fsp3) is 0.600. The Labute approximate surface area is 79.7 Å². The number of nitrogens with zero attached hydrogens (tertiary/aromatic N) is 1. The van der Waals surface area contributed by atoms with Crippen LogP contribution in [0.2, 0.25) is 0 Å². The van der Waals surface area contributed by atoms with E-state index in [4.69, 9.17) is 4.42 Å². The summed E-state index contributed by atoms with van der Waals surface area (Å²) < 4.78 is 5.21. The molecule has 0 radical (unpaired) electrons. The molecule has 1 heterocycles. The second kappa shape index (κ2) is 5.78. The first kappa shape index (κ1) is 10.3. The highest BCUT2D eigenvalue weighted by molar-refractivity contribution is 4.98. The lowest BCUT2D eigenvalue weighted by atomic mass is 10.3. The van der Waals surface area contributed by atoms with Crippen LogP contribution in [0, 0.1) is 0 Å². The molecule has 0 saturated carbocycles. The average molecular weight is 182 g/mol. The first-order valence-corrected chi connectivity index (χ1v) is 4.67. The Kier molecular flexibility index (Phi) is 4.57. The van der Waals surface area contributed by atoms with Crippen LogP contribution >= 0.6 is 0 Å². The Morgan fingerprint density at radius 3 is 2.85 bits per heavy atom. The summed E-state index contributed by atoms with van der Waals surface area (Å²) in [5.41, 5.74) is 0. The van der Waals surface area contributed by atoms with Crippen LogP contribution in [0.1, 0.15) is 5.76 Å². The van der Waals surface area contributed by atoms with Gasteiger partial charge in [-0.3, -0.25) is 0 Å². The smallest absolute Gasteiger partial charge is 0.105 e. The Morgan fingerprint density at radius 2 is 2.23 bits per heavy atom. The number of nitrogens with one attached hydrogen (secondary N) is 1. The fourth-order valence-corrected chi connectivity index (χ4v) is 1.09. The van der Waals surface area contributed by atoms with Crippen LogP contribution in [-0.4, -0.2) is 38.6 Å². The maximum Gasteiger partial charge on any atom is 0.105 e. The summed E-state index contributed by atoms with van der Waals surface area (Å²) in [6, 6.07) is 3.93. The molecule has 1 rings (SSSR count). The van der Waals surface area contributed by atoms with Crippen LogP contribution in [-0.2, 0) is 6.42 Å². The molecule has 74 valence electrons. The highest BCUT2D eigenvalue weighted by Crippen LogP contribution is 1.98. The Bertz CT molecular complexity index is 207. The van der Waals surface area contributed by atoms with Crippen molar-refractivity contribution in [2.24, 2.45) is 0 Å². The summed E-state index contributed by atoms with van der Waals surface area (Å²) >= 11 is 0. The zero-order chi connectivity index (χ0) is 9.52. The summed E-state index contributed by atoms with van der Waals surface area (Å²) in [4.78, 5) is 2.17. The minimum Gasteiger partial charge on any atom is -0.469 e. The van der Waals surface area contributed by atoms with E-state index < -0.39 is 0 Å². The fourth-order valence-electron chi connectivity index (χ4n) is 1.09. The first-order valence-electron chi connectivity index (χ1n) is 4.67. The van der Waals surface area contributed by atoms with E-state index in [0.717, 1.165) is 31.8 Å². The molecule has 13 heavy (non-hydrogen) atoms. The SMILES string of the molecule is CN(C)CCNCCc1ccco1. The van der Waals surface area contributed by atoms with Gasteiger partial charge in [0.15, 0.2) is 0 Å². The Hall–Kier alpha value is -0.800. The monoisotopic (exact) mass is 182 g/mol. The van der Waals surface area contributed by atoms with Crippen LogP contribution in [0.3, 0.4) is 0 Å². The molecule has 3 nitrogen and oxygen atoms in total. The van der Waals surface area contributed by atoms with Crippen molar-refractivity contribution < 1.29 is 4.42 Å². The van der Waals surface area contributed by atoms with Gasteiger partial charge in [-0.05, 0) is 26.2 Å². The van der Waals surface area contributed by atoms with E-state index in [1.165, 1.54) is 0 Å². The van der Waals surface area contributed by atoms with Crippen molar-refractivity contribution in [3.05, 3.63) is 24.2 Å². The molecule has 0 atom stereocenters. The predicted octanol–water partition coefficient (Wildman–Crippen LogP) is 0.973. The summed E-state index contributed by atoms with van der Waals surface area (Å²) in [5, 5.41) is 3.35. The van der Waals surface area contributed by atoms with E-state index in [0.29, 0.717) is 0 Å². The van der Waals surface area contributed by atoms with E-state index in [9.17, 15) is 0 Å². The van der Waals surface area contributed by atoms with Crippen LogP contribution in [0.25, 0.3) is 0 Å². The van der Waals surface area contributed by atoms with E-state index in [1.807, 2.05) is 12.1 Å². The van der Waals surface area contributed by atoms with Gasteiger partial charge in [-0.1, -0.05) is 0 Å². The lowest BCUT2D eigenvalue weighted by Crippen LogP contribution is -2.27. The van der Waals surface area contributed by atoms with Gasteiger partial charge in [-0.15, -0.1) is 0 Å². The number of hydrogen-bond acceptors (Lipinski definition) is 3. The zero-order valence-electron chi connectivity index (χ0n) is 8.42. The molecule has 3 heteroatoms. The van der Waals surface area contributed by atoms with Crippen LogP contribution in [0.5, 0.6) is 0 Å². The van der Waals surface area contributed by atoms with Crippen LogP contribution in [0.15, 0.2) is 22.8 Å². The predicted molar refractivity (Wildman–Crippen MR) is 53.8 cm³/mol. The molecule has 0 unspecified atom stereocenters. The molecule has 1 aromatic rings. The van der Waals surface area contributed by atoms with Gasteiger partial charge in [-0.25, -0.2) is 0 Å². The van der Waals surface area contributed by atoms with Gasteiger partial charge >= 0.3 is 0 Å². The van der Waals surface area contributed by atoms with Crippen molar-refractivity contribution in [1.29, 1.82) is 0 Å². The molecular weight excluding hydrogens is 164 g/mol. The van der Waals surface area contributed by atoms with Crippen molar-refractivity contribution in [3.8, 4) is 0 Å². The maximum absolute atomic E-state index is 5.21. The van der Waals surface area contributed by atoms with E-state index in [2.05, 4.69) is 24.3 Å². The van der Waals surface area contributed by atoms with Crippen molar-refractivity contribution in [2.45, 2.75) is 6.42 Å². The van der Waals surface area contributed by atoms with Crippen molar-refractivity contribution in [1.82, 2.24) is 10.2 Å².